The summed E-state index contributed by atoms with van der Waals surface area (Å²) in [5.74, 6) is 0.793. The molecule has 0 aliphatic heterocycles. The fraction of sp³-hybridized carbons (Fsp3) is 0.200. The van der Waals surface area contributed by atoms with Gasteiger partial charge in [0, 0.05) is 20.4 Å². The van der Waals surface area contributed by atoms with E-state index in [4.69, 9.17) is 4.74 Å². The third-order valence-electron chi connectivity index (χ3n) is 2.74. The molecule has 0 fully saturated rings. The number of ether oxygens (including phenoxy) is 1. The second-order valence-corrected chi connectivity index (χ2v) is 4.04. The Morgan fingerprint density at radius 3 is 2.53 bits per heavy atom. The molecule has 0 saturated carbocycles. The van der Waals surface area contributed by atoms with Crippen molar-refractivity contribution in [2.45, 2.75) is 6.10 Å². The van der Waals surface area contributed by atoms with Crippen molar-refractivity contribution in [3.05, 3.63) is 60.3 Å². The van der Waals surface area contributed by atoms with E-state index in [0.717, 1.165) is 11.4 Å². The zero-order chi connectivity index (χ0) is 13.5. The Hall–Kier alpha value is -2.20. The highest BCUT2D eigenvalue weighted by Gasteiger charge is 2.07. The summed E-state index contributed by atoms with van der Waals surface area (Å²) in [7, 11) is 3.53. The van der Waals surface area contributed by atoms with E-state index in [1.165, 1.54) is 0 Å². The molecule has 98 valence electrons. The highest BCUT2D eigenvalue weighted by atomic mass is 16.5. The molecule has 2 aromatic rings. The lowest BCUT2D eigenvalue weighted by Gasteiger charge is -2.14. The number of pyridine rings is 1. The van der Waals surface area contributed by atoms with Crippen LogP contribution < -0.4 is 5.01 Å². The van der Waals surface area contributed by atoms with Crippen molar-refractivity contribution in [2.24, 2.45) is 5.10 Å². The minimum atomic E-state index is -0.160. The molecule has 4 heteroatoms. The van der Waals surface area contributed by atoms with E-state index < -0.39 is 0 Å². The maximum Gasteiger partial charge on any atom is 0.148 e. The first kappa shape index (κ1) is 13.2. The number of rotatable bonds is 5. The molecule has 0 amide bonds. The number of methoxy groups -OCH3 is 1. The maximum absolute atomic E-state index is 5.43. The molecular weight excluding hydrogens is 238 g/mol. The van der Waals surface area contributed by atoms with Crippen LogP contribution >= 0.6 is 0 Å². The summed E-state index contributed by atoms with van der Waals surface area (Å²) in [5.41, 5.74) is 1.07. The topological polar surface area (TPSA) is 37.7 Å². The Morgan fingerprint density at radius 2 is 1.89 bits per heavy atom. The molecule has 1 atom stereocenters. The summed E-state index contributed by atoms with van der Waals surface area (Å²) in [4.78, 5) is 4.23. The van der Waals surface area contributed by atoms with E-state index in [0.29, 0.717) is 0 Å². The summed E-state index contributed by atoms with van der Waals surface area (Å²) in [6, 6.07) is 15.7. The lowest BCUT2D eigenvalue weighted by molar-refractivity contribution is 0.161. The summed E-state index contributed by atoms with van der Waals surface area (Å²) >= 11 is 0. The van der Waals surface area contributed by atoms with Gasteiger partial charge >= 0.3 is 0 Å². The first-order valence-electron chi connectivity index (χ1n) is 6.08. The number of anilines is 1. The van der Waals surface area contributed by atoms with Gasteiger partial charge in [0.25, 0.3) is 0 Å². The number of benzene rings is 1. The Kier molecular flexibility index (Phi) is 4.64. The summed E-state index contributed by atoms with van der Waals surface area (Å²) in [5, 5.41) is 6.08. The average Bonchev–Trinajstić information content (AvgIpc) is 2.49. The largest absolute Gasteiger partial charge is 0.371 e. The Morgan fingerprint density at radius 1 is 1.16 bits per heavy atom. The zero-order valence-corrected chi connectivity index (χ0v) is 11.1. The summed E-state index contributed by atoms with van der Waals surface area (Å²) < 4.78 is 5.43. The van der Waals surface area contributed by atoms with Gasteiger partial charge in [0.05, 0.1) is 6.21 Å². The van der Waals surface area contributed by atoms with E-state index in [9.17, 15) is 0 Å². The van der Waals surface area contributed by atoms with Gasteiger partial charge in [-0.15, -0.1) is 0 Å². The average molecular weight is 255 g/mol. The van der Waals surface area contributed by atoms with Gasteiger partial charge in [-0.25, -0.2) is 4.98 Å². The monoisotopic (exact) mass is 255 g/mol. The Labute approximate surface area is 113 Å². The van der Waals surface area contributed by atoms with Crippen LogP contribution in [-0.2, 0) is 4.74 Å². The van der Waals surface area contributed by atoms with E-state index in [-0.39, 0.29) is 6.10 Å². The number of hydrogen-bond donors (Lipinski definition) is 0. The van der Waals surface area contributed by atoms with Crippen LogP contribution in [0.4, 0.5) is 5.82 Å². The smallest absolute Gasteiger partial charge is 0.148 e. The van der Waals surface area contributed by atoms with Gasteiger partial charge in [0.2, 0.25) is 0 Å². The van der Waals surface area contributed by atoms with Crippen LogP contribution in [0.1, 0.15) is 11.7 Å². The minimum Gasteiger partial charge on any atom is -0.371 e. The van der Waals surface area contributed by atoms with E-state index in [2.05, 4.69) is 10.1 Å². The van der Waals surface area contributed by atoms with Gasteiger partial charge in [0.1, 0.15) is 11.9 Å². The van der Waals surface area contributed by atoms with Crippen molar-refractivity contribution in [3.8, 4) is 0 Å². The molecule has 4 nitrogen and oxygen atoms in total. The molecule has 0 N–H and O–H groups in total. The van der Waals surface area contributed by atoms with Gasteiger partial charge in [-0.1, -0.05) is 36.4 Å². The third kappa shape index (κ3) is 3.63. The molecule has 19 heavy (non-hydrogen) atoms. The molecule has 0 aliphatic carbocycles. The fourth-order valence-corrected chi connectivity index (χ4v) is 1.69. The predicted molar refractivity (Wildman–Crippen MR) is 77.3 cm³/mol. The first-order chi connectivity index (χ1) is 9.31. The zero-order valence-electron chi connectivity index (χ0n) is 11.1. The fourth-order valence-electron chi connectivity index (χ4n) is 1.69. The molecule has 0 bridgehead atoms. The molecule has 0 spiro atoms. The molecule has 0 radical (unpaired) electrons. The minimum absolute atomic E-state index is 0.160. The normalized spacial score (nSPS) is 12.5. The van der Waals surface area contributed by atoms with Crippen molar-refractivity contribution in [1.29, 1.82) is 0 Å². The summed E-state index contributed by atoms with van der Waals surface area (Å²) in [6.45, 7) is 0. The Bertz CT molecular complexity index is 513. The molecule has 1 unspecified atom stereocenters. The van der Waals surface area contributed by atoms with Crippen molar-refractivity contribution >= 4 is 12.0 Å². The van der Waals surface area contributed by atoms with E-state index in [1.807, 2.05) is 55.6 Å². The number of hydrazone groups is 1. The quantitative estimate of drug-likeness (QED) is 0.609. The van der Waals surface area contributed by atoms with E-state index in [1.54, 1.807) is 24.5 Å². The first-order valence-corrected chi connectivity index (χ1v) is 6.08. The van der Waals surface area contributed by atoms with Gasteiger partial charge in [-0.3, -0.25) is 5.01 Å². The standard InChI is InChI=1S/C15H17N3O/c1-18(15-10-6-7-11-16-15)17-12-14(19-2)13-8-4-3-5-9-13/h3-12,14H,1-2H3/b17-12+. The van der Waals surface area contributed by atoms with Gasteiger partial charge in [-0.05, 0) is 17.7 Å². The van der Waals surface area contributed by atoms with Gasteiger partial charge < -0.3 is 4.74 Å². The van der Waals surface area contributed by atoms with Gasteiger partial charge in [0.15, 0.2) is 0 Å². The van der Waals surface area contributed by atoms with Crippen LogP contribution in [0.2, 0.25) is 0 Å². The number of nitrogens with zero attached hydrogens (tertiary/aromatic N) is 3. The van der Waals surface area contributed by atoms with Crippen LogP contribution in [0.3, 0.4) is 0 Å². The van der Waals surface area contributed by atoms with Crippen LogP contribution in [0.15, 0.2) is 59.8 Å². The molecule has 0 saturated heterocycles. The summed E-state index contributed by atoms with van der Waals surface area (Å²) in [6.07, 6.45) is 3.35. The van der Waals surface area contributed by atoms with E-state index >= 15 is 0 Å². The maximum atomic E-state index is 5.43. The van der Waals surface area contributed by atoms with Crippen molar-refractivity contribution in [2.75, 3.05) is 19.2 Å². The molecule has 1 heterocycles. The van der Waals surface area contributed by atoms with Crippen molar-refractivity contribution in [3.63, 3.8) is 0 Å². The Balaban J connectivity index is 2.08. The molecule has 1 aromatic carbocycles. The molecular formula is C15H17N3O. The van der Waals surface area contributed by atoms with Crippen LogP contribution in [0.25, 0.3) is 0 Å². The molecule has 2 rings (SSSR count). The highest BCUT2D eigenvalue weighted by Crippen LogP contribution is 2.14. The van der Waals surface area contributed by atoms with Crippen molar-refractivity contribution in [1.82, 2.24) is 4.98 Å². The predicted octanol–water partition coefficient (Wildman–Crippen LogP) is 2.89. The van der Waals surface area contributed by atoms with Crippen molar-refractivity contribution < 1.29 is 4.74 Å². The van der Waals surface area contributed by atoms with Crippen LogP contribution in [0, 0.1) is 0 Å². The van der Waals surface area contributed by atoms with Gasteiger partial charge in [-0.2, -0.15) is 5.10 Å². The second kappa shape index (κ2) is 6.66. The van der Waals surface area contributed by atoms with Crippen LogP contribution in [0.5, 0.6) is 0 Å². The third-order valence-corrected chi connectivity index (χ3v) is 2.74. The lowest BCUT2D eigenvalue weighted by atomic mass is 10.1. The molecule has 0 aliphatic rings. The second-order valence-electron chi connectivity index (χ2n) is 4.04. The lowest BCUT2D eigenvalue weighted by Crippen LogP contribution is -2.13. The van der Waals surface area contributed by atoms with Crippen LogP contribution in [-0.4, -0.2) is 25.4 Å². The number of aromatic nitrogens is 1. The number of hydrogen-bond acceptors (Lipinski definition) is 4. The SMILES string of the molecule is COC(/C=N/N(C)c1ccccn1)c1ccccc1. The highest BCUT2D eigenvalue weighted by molar-refractivity contribution is 5.67. The molecule has 1 aromatic heterocycles.